The third kappa shape index (κ3) is 7.30. The summed E-state index contributed by atoms with van der Waals surface area (Å²) < 4.78 is 43.7. The molecule has 1 aliphatic rings. The van der Waals surface area contributed by atoms with Gasteiger partial charge >= 0.3 is 6.18 Å². The van der Waals surface area contributed by atoms with Crippen LogP contribution in [-0.2, 0) is 17.5 Å². The molecule has 26 heavy (non-hydrogen) atoms. The van der Waals surface area contributed by atoms with E-state index in [-0.39, 0.29) is 24.0 Å². The molecule has 1 N–H and O–H groups in total. The Morgan fingerprint density at radius 2 is 2.00 bits per heavy atom. The summed E-state index contributed by atoms with van der Waals surface area (Å²) in [4.78, 5) is 6.24. The van der Waals surface area contributed by atoms with Gasteiger partial charge in [0, 0.05) is 40.4 Å². The van der Waals surface area contributed by atoms with Crippen molar-refractivity contribution in [1.82, 2.24) is 10.2 Å². The van der Waals surface area contributed by atoms with Crippen molar-refractivity contribution in [3.63, 3.8) is 0 Å². The van der Waals surface area contributed by atoms with E-state index >= 15 is 0 Å². The van der Waals surface area contributed by atoms with Gasteiger partial charge in [-0.05, 0) is 42.9 Å². The van der Waals surface area contributed by atoms with Gasteiger partial charge in [-0.2, -0.15) is 13.2 Å². The number of nitrogens with one attached hydrogen (secondary N) is 1. The molecule has 0 aromatic heterocycles. The molecular weight excluding hydrogens is 458 g/mol. The molecule has 0 saturated carbocycles. The van der Waals surface area contributed by atoms with Crippen molar-refractivity contribution in [2.45, 2.75) is 32.0 Å². The highest BCUT2D eigenvalue weighted by molar-refractivity contribution is 14.0. The highest BCUT2D eigenvalue weighted by Gasteiger charge is 2.30. The second-order valence-corrected chi connectivity index (χ2v) is 6.36. The summed E-state index contributed by atoms with van der Waals surface area (Å²) in [6.45, 7) is 2.82. The van der Waals surface area contributed by atoms with Gasteiger partial charge in [-0.3, -0.25) is 4.99 Å². The molecule has 2 rings (SSSR count). The Morgan fingerprint density at radius 1 is 1.31 bits per heavy atom. The number of hydrogen-bond acceptors (Lipinski definition) is 2. The highest BCUT2D eigenvalue weighted by Crippen LogP contribution is 2.29. The SMILES string of the molecule is CN=C(NCc1cccc(C(F)(F)F)c1)N(C)CCC1CCOCC1.I. The number of aliphatic imine (C=N–C) groups is 1. The molecule has 0 bridgehead atoms. The van der Waals surface area contributed by atoms with Gasteiger partial charge in [-0.25, -0.2) is 0 Å². The number of halogens is 4. The van der Waals surface area contributed by atoms with E-state index in [1.54, 1.807) is 13.1 Å². The average molecular weight is 485 g/mol. The zero-order chi connectivity index (χ0) is 18.3. The molecule has 0 atom stereocenters. The lowest BCUT2D eigenvalue weighted by Gasteiger charge is -2.27. The normalized spacial score (nSPS) is 16.1. The largest absolute Gasteiger partial charge is 0.416 e. The van der Waals surface area contributed by atoms with Crippen molar-refractivity contribution < 1.29 is 17.9 Å². The van der Waals surface area contributed by atoms with Crippen LogP contribution in [0.15, 0.2) is 29.3 Å². The Balaban J connectivity index is 0.00000338. The van der Waals surface area contributed by atoms with Crippen molar-refractivity contribution in [2.24, 2.45) is 10.9 Å². The number of guanidine groups is 1. The fraction of sp³-hybridized carbons (Fsp3) is 0.611. The van der Waals surface area contributed by atoms with Crippen molar-refractivity contribution >= 4 is 29.9 Å². The van der Waals surface area contributed by atoms with E-state index in [0.29, 0.717) is 24.0 Å². The zero-order valence-corrected chi connectivity index (χ0v) is 17.5. The Hall–Kier alpha value is -1.03. The summed E-state index contributed by atoms with van der Waals surface area (Å²) in [7, 11) is 3.63. The third-order valence-corrected chi connectivity index (χ3v) is 4.49. The molecular formula is C18H27F3IN3O. The van der Waals surface area contributed by atoms with E-state index in [0.717, 1.165) is 45.1 Å². The van der Waals surface area contributed by atoms with Gasteiger partial charge in [0.2, 0.25) is 0 Å². The van der Waals surface area contributed by atoms with Crippen LogP contribution in [-0.4, -0.2) is 44.7 Å². The fourth-order valence-corrected chi connectivity index (χ4v) is 2.94. The molecule has 0 spiro atoms. The second-order valence-electron chi connectivity index (χ2n) is 6.36. The maximum Gasteiger partial charge on any atom is 0.416 e. The lowest BCUT2D eigenvalue weighted by Crippen LogP contribution is -2.39. The molecule has 0 radical (unpaired) electrons. The molecule has 1 aromatic carbocycles. The van der Waals surface area contributed by atoms with Crippen LogP contribution in [0.5, 0.6) is 0 Å². The predicted molar refractivity (Wildman–Crippen MR) is 108 cm³/mol. The van der Waals surface area contributed by atoms with Crippen molar-refractivity contribution in [1.29, 1.82) is 0 Å². The van der Waals surface area contributed by atoms with Crippen LogP contribution in [0.1, 0.15) is 30.4 Å². The van der Waals surface area contributed by atoms with Gasteiger partial charge in [0.05, 0.1) is 5.56 Å². The topological polar surface area (TPSA) is 36.9 Å². The van der Waals surface area contributed by atoms with Gasteiger partial charge in [0.15, 0.2) is 5.96 Å². The van der Waals surface area contributed by atoms with E-state index in [2.05, 4.69) is 10.3 Å². The van der Waals surface area contributed by atoms with Crippen molar-refractivity contribution in [2.75, 3.05) is 33.9 Å². The number of ether oxygens (including phenoxy) is 1. The van der Waals surface area contributed by atoms with Crippen LogP contribution in [0.25, 0.3) is 0 Å². The molecule has 1 aliphatic heterocycles. The first-order valence-corrected chi connectivity index (χ1v) is 8.56. The first-order valence-electron chi connectivity index (χ1n) is 8.56. The number of alkyl halides is 3. The van der Waals surface area contributed by atoms with Gasteiger partial charge < -0.3 is 15.0 Å². The smallest absolute Gasteiger partial charge is 0.381 e. The van der Waals surface area contributed by atoms with Gasteiger partial charge in [0.25, 0.3) is 0 Å². The van der Waals surface area contributed by atoms with Gasteiger partial charge in [-0.15, -0.1) is 24.0 Å². The molecule has 0 aliphatic carbocycles. The van der Waals surface area contributed by atoms with E-state index in [4.69, 9.17) is 4.74 Å². The maximum absolute atomic E-state index is 12.8. The molecule has 1 saturated heterocycles. The lowest BCUT2D eigenvalue weighted by molar-refractivity contribution is -0.137. The molecule has 0 amide bonds. The second kappa shape index (κ2) is 11.0. The molecule has 0 unspecified atom stereocenters. The summed E-state index contributed by atoms with van der Waals surface area (Å²) in [6, 6.07) is 5.36. The predicted octanol–water partition coefficient (Wildman–Crippen LogP) is 4.15. The molecule has 1 aromatic rings. The first-order chi connectivity index (χ1) is 11.9. The Labute approximate surface area is 170 Å². The van der Waals surface area contributed by atoms with Crippen LogP contribution in [0.2, 0.25) is 0 Å². The zero-order valence-electron chi connectivity index (χ0n) is 15.2. The first kappa shape index (κ1) is 23.0. The summed E-state index contributed by atoms with van der Waals surface area (Å²) in [5.41, 5.74) is -0.0523. The molecule has 1 fully saturated rings. The van der Waals surface area contributed by atoms with Crippen LogP contribution in [0.3, 0.4) is 0 Å². The Morgan fingerprint density at radius 3 is 2.62 bits per heavy atom. The van der Waals surface area contributed by atoms with Crippen LogP contribution >= 0.6 is 24.0 Å². The summed E-state index contributed by atoms with van der Waals surface area (Å²) >= 11 is 0. The van der Waals surface area contributed by atoms with Gasteiger partial charge in [-0.1, -0.05) is 12.1 Å². The summed E-state index contributed by atoms with van der Waals surface area (Å²) in [5.74, 6) is 1.35. The average Bonchev–Trinajstić information content (AvgIpc) is 2.61. The molecule has 4 nitrogen and oxygen atoms in total. The minimum atomic E-state index is -4.32. The van der Waals surface area contributed by atoms with Crippen LogP contribution in [0.4, 0.5) is 13.2 Å². The van der Waals surface area contributed by atoms with Crippen molar-refractivity contribution in [3.8, 4) is 0 Å². The minimum Gasteiger partial charge on any atom is -0.381 e. The van der Waals surface area contributed by atoms with E-state index in [1.165, 1.54) is 12.1 Å². The summed E-state index contributed by atoms with van der Waals surface area (Å²) in [5, 5.41) is 3.14. The minimum absolute atomic E-state index is 0. The number of hydrogen-bond donors (Lipinski definition) is 1. The van der Waals surface area contributed by atoms with Crippen LogP contribution < -0.4 is 5.32 Å². The number of nitrogens with zero attached hydrogens (tertiary/aromatic N) is 2. The van der Waals surface area contributed by atoms with Crippen LogP contribution in [0, 0.1) is 5.92 Å². The molecule has 1 heterocycles. The lowest BCUT2D eigenvalue weighted by atomic mass is 9.96. The van der Waals surface area contributed by atoms with Gasteiger partial charge in [0.1, 0.15) is 0 Å². The summed E-state index contributed by atoms with van der Waals surface area (Å²) in [6.07, 6.45) is -1.09. The van der Waals surface area contributed by atoms with Crippen molar-refractivity contribution in [3.05, 3.63) is 35.4 Å². The monoisotopic (exact) mass is 485 g/mol. The Kier molecular flexibility index (Phi) is 9.70. The Bertz CT molecular complexity index is 575. The van der Waals surface area contributed by atoms with E-state index in [1.807, 2.05) is 11.9 Å². The molecule has 8 heteroatoms. The number of benzene rings is 1. The fourth-order valence-electron chi connectivity index (χ4n) is 2.94. The van der Waals surface area contributed by atoms with E-state index < -0.39 is 11.7 Å². The quantitative estimate of drug-likeness (QED) is 0.387. The maximum atomic E-state index is 12.8. The van der Waals surface area contributed by atoms with E-state index in [9.17, 15) is 13.2 Å². The number of rotatable bonds is 5. The third-order valence-electron chi connectivity index (χ3n) is 4.49. The highest BCUT2D eigenvalue weighted by atomic mass is 127. The standard InChI is InChI=1S/C18H26F3N3O.HI/c1-22-17(24(2)9-6-14-7-10-25-11-8-14)23-13-15-4-3-5-16(12-15)18(19,20)21;/h3-5,12,14H,6-11,13H2,1-2H3,(H,22,23);1H. The molecule has 148 valence electrons.